The van der Waals surface area contributed by atoms with Gasteiger partial charge in [0.25, 0.3) is 0 Å². The van der Waals surface area contributed by atoms with Gasteiger partial charge in [-0.2, -0.15) is 5.26 Å². The molecule has 5 nitrogen and oxygen atoms in total. The summed E-state index contributed by atoms with van der Waals surface area (Å²) in [6.45, 7) is 0. The van der Waals surface area contributed by atoms with Crippen molar-refractivity contribution in [2.75, 3.05) is 14.2 Å². The minimum atomic E-state index is -0.912. The predicted molar refractivity (Wildman–Crippen MR) is 72.0 cm³/mol. The van der Waals surface area contributed by atoms with Gasteiger partial charge in [0.2, 0.25) is 0 Å². The molecule has 106 valence electrons. The molecule has 0 aliphatic heterocycles. The number of ether oxygens (including phenoxy) is 2. The second-order valence-corrected chi connectivity index (χ2v) is 4.97. The van der Waals surface area contributed by atoms with E-state index in [1.165, 1.54) is 14.2 Å². The Bertz CT molecular complexity index is 568. The summed E-state index contributed by atoms with van der Waals surface area (Å²) in [6, 6.07) is 5.33. The lowest BCUT2D eigenvalue weighted by atomic mass is 9.78. The molecule has 0 spiro atoms. The molecule has 1 saturated carbocycles. The van der Waals surface area contributed by atoms with Crippen LogP contribution in [0.2, 0.25) is 0 Å². The molecular formula is C15H17NO4. The molecule has 0 atom stereocenters. The summed E-state index contributed by atoms with van der Waals surface area (Å²) < 4.78 is 10.4. The molecule has 0 heterocycles. The van der Waals surface area contributed by atoms with Gasteiger partial charge in [0.15, 0.2) is 11.5 Å². The summed E-state index contributed by atoms with van der Waals surface area (Å²) in [5.41, 5.74) is 0.0107. The summed E-state index contributed by atoms with van der Waals surface area (Å²) in [5.74, 6) is -0.0996. The third kappa shape index (κ3) is 2.07. The Balaban J connectivity index is 2.63. The van der Waals surface area contributed by atoms with Crippen molar-refractivity contribution < 1.29 is 19.4 Å². The van der Waals surface area contributed by atoms with Crippen LogP contribution in [0.3, 0.4) is 0 Å². The average molecular weight is 275 g/mol. The van der Waals surface area contributed by atoms with Crippen LogP contribution in [0.4, 0.5) is 0 Å². The van der Waals surface area contributed by atoms with Crippen molar-refractivity contribution >= 4 is 5.97 Å². The molecule has 0 unspecified atom stereocenters. The molecule has 20 heavy (non-hydrogen) atoms. The number of nitriles is 1. The van der Waals surface area contributed by atoms with Gasteiger partial charge in [-0.15, -0.1) is 0 Å². The zero-order chi connectivity index (χ0) is 14.8. The highest BCUT2D eigenvalue weighted by Crippen LogP contribution is 2.45. The molecule has 1 N–H and O–H groups in total. The first-order chi connectivity index (χ1) is 9.58. The molecule has 1 aromatic rings. The Kier molecular flexibility index (Phi) is 3.84. The number of hydrogen-bond donors (Lipinski definition) is 1. The summed E-state index contributed by atoms with van der Waals surface area (Å²) >= 11 is 0. The second-order valence-electron chi connectivity index (χ2n) is 4.97. The number of carboxylic acids is 1. The molecule has 1 fully saturated rings. The molecule has 5 heteroatoms. The molecule has 0 aromatic heterocycles. The van der Waals surface area contributed by atoms with Gasteiger partial charge in [0, 0.05) is 0 Å². The fourth-order valence-electron chi connectivity index (χ4n) is 2.93. The van der Waals surface area contributed by atoms with Crippen molar-refractivity contribution in [2.24, 2.45) is 0 Å². The van der Waals surface area contributed by atoms with E-state index in [-0.39, 0.29) is 0 Å². The highest BCUT2D eigenvalue weighted by molar-refractivity contribution is 5.82. The second kappa shape index (κ2) is 5.41. The summed E-state index contributed by atoms with van der Waals surface area (Å²) in [4.78, 5) is 11.7. The largest absolute Gasteiger partial charge is 0.493 e. The van der Waals surface area contributed by atoms with Crippen LogP contribution in [0.5, 0.6) is 11.5 Å². The Morgan fingerprint density at radius 3 is 2.40 bits per heavy atom. The summed E-state index contributed by atoms with van der Waals surface area (Å²) in [5, 5.41) is 18.8. The van der Waals surface area contributed by atoms with Crippen LogP contribution in [0.1, 0.15) is 36.8 Å². The quantitative estimate of drug-likeness (QED) is 0.913. The van der Waals surface area contributed by atoms with Gasteiger partial charge in [0.1, 0.15) is 6.07 Å². The lowest BCUT2D eigenvalue weighted by molar-refractivity contribution is -0.143. The van der Waals surface area contributed by atoms with Crippen molar-refractivity contribution in [3.63, 3.8) is 0 Å². The van der Waals surface area contributed by atoms with Crippen LogP contribution >= 0.6 is 0 Å². The number of aliphatic carboxylic acids is 1. The van der Waals surface area contributed by atoms with E-state index in [1.807, 2.05) is 6.07 Å². The van der Waals surface area contributed by atoms with Gasteiger partial charge in [-0.25, -0.2) is 0 Å². The van der Waals surface area contributed by atoms with Crippen molar-refractivity contribution in [3.05, 3.63) is 23.3 Å². The Hall–Kier alpha value is -2.22. The zero-order valence-corrected chi connectivity index (χ0v) is 11.6. The molecule has 0 saturated heterocycles. The van der Waals surface area contributed by atoms with E-state index < -0.39 is 11.4 Å². The smallest absolute Gasteiger partial charge is 0.314 e. The molecular weight excluding hydrogens is 258 g/mol. The molecule has 0 amide bonds. The van der Waals surface area contributed by atoms with E-state index in [0.717, 1.165) is 12.8 Å². The maximum atomic E-state index is 11.7. The van der Waals surface area contributed by atoms with E-state index >= 15 is 0 Å². The van der Waals surface area contributed by atoms with Crippen molar-refractivity contribution in [3.8, 4) is 17.6 Å². The van der Waals surface area contributed by atoms with Crippen molar-refractivity contribution in [1.82, 2.24) is 0 Å². The van der Waals surface area contributed by atoms with E-state index in [1.54, 1.807) is 12.1 Å². The van der Waals surface area contributed by atoms with E-state index in [2.05, 4.69) is 0 Å². The van der Waals surface area contributed by atoms with Crippen LogP contribution in [0.15, 0.2) is 12.1 Å². The number of carbonyl (C=O) groups is 1. The fourth-order valence-corrected chi connectivity index (χ4v) is 2.93. The third-order valence-corrected chi connectivity index (χ3v) is 4.02. The Morgan fingerprint density at radius 2 is 1.95 bits per heavy atom. The van der Waals surface area contributed by atoms with Gasteiger partial charge in [-0.05, 0) is 30.5 Å². The Morgan fingerprint density at radius 1 is 1.30 bits per heavy atom. The first-order valence-corrected chi connectivity index (χ1v) is 6.49. The molecule has 1 aromatic carbocycles. The monoisotopic (exact) mass is 275 g/mol. The minimum Gasteiger partial charge on any atom is -0.493 e. The standard InChI is InChI=1S/C15H17NO4/c1-19-12-8-11(7-10(9-16)13(12)20-2)15(14(17)18)5-3-4-6-15/h7-8H,3-6H2,1-2H3,(H,17,18). The first-order valence-electron chi connectivity index (χ1n) is 6.49. The fraction of sp³-hybridized carbons (Fsp3) is 0.467. The number of methoxy groups -OCH3 is 2. The topological polar surface area (TPSA) is 79.5 Å². The van der Waals surface area contributed by atoms with E-state index in [4.69, 9.17) is 9.47 Å². The normalized spacial score (nSPS) is 16.4. The van der Waals surface area contributed by atoms with Crippen molar-refractivity contribution in [1.29, 1.82) is 5.26 Å². The molecule has 0 bridgehead atoms. The number of nitrogens with zero attached hydrogens (tertiary/aromatic N) is 1. The number of hydrogen-bond acceptors (Lipinski definition) is 4. The number of carboxylic acid groups (broad SMARTS) is 1. The van der Waals surface area contributed by atoms with Crippen LogP contribution in [0, 0.1) is 11.3 Å². The SMILES string of the molecule is COc1cc(C2(C(=O)O)CCCC2)cc(C#N)c1OC. The molecule has 0 radical (unpaired) electrons. The number of rotatable bonds is 4. The van der Waals surface area contributed by atoms with Gasteiger partial charge >= 0.3 is 5.97 Å². The van der Waals surface area contributed by atoms with Gasteiger partial charge < -0.3 is 14.6 Å². The predicted octanol–water partition coefficient (Wildman–Crippen LogP) is 2.47. The summed E-state index contributed by atoms with van der Waals surface area (Å²) in [7, 11) is 2.94. The molecule has 1 aliphatic carbocycles. The summed E-state index contributed by atoms with van der Waals surface area (Å²) in [6.07, 6.45) is 2.93. The van der Waals surface area contributed by atoms with E-state index in [9.17, 15) is 15.2 Å². The van der Waals surface area contributed by atoms with Crippen LogP contribution in [-0.2, 0) is 10.2 Å². The average Bonchev–Trinajstić information content (AvgIpc) is 2.96. The van der Waals surface area contributed by atoms with Crippen molar-refractivity contribution in [2.45, 2.75) is 31.1 Å². The molecule has 1 aliphatic rings. The van der Waals surface area contributed by atoms with Gasteiger partial charge in [-0.3, -0.25) is 4.79 Å². The lowest BCUT2D eigenvalue weighted by Crippen LogP contribution is -2.32. The van der Waals surface area contributed by atoms with Gasteiger partial charge in [0.05, 0.1) is 25.2 Å². The first kappa shape index (κ1) is 14.2. The van der Waals surface area contributed by atoms with Gasteiger partial charge in [-0.1, -0.05) is 12.8 Å². The maximum absolute atomic E-state index is 11.7. The number of benzene rings is 1. The highest BCUT2D eigenvalue weighted by Gasteiger charge is 2.43. The van der Waals surface area contributed by atoms with E-state index in [0.29, 0.717) is 35.5 Å². The molecule has 2 rings (SSSR count). The highest BCUT2D eigenvalue weighted by atomic mass is 16.5. The van der Waals surface area contributed by atoms with Crippen LogP contribution in [0.25, 0.3) is 0 Å². The van der Waals surface area contributed by atoms with Crippen LogP contribution in [-0.4, -0.2) is 25.3 Å². The Labute approximate surface area is 117 Å². The van der Waals surface area contributed by atoms with Crippen LogP contribution < -0.4 is 9.47 Å². The zero-order valence-electron chi connectivity index (χ0n) is 11.6. The minimum absolute atomic E-state index is 0.300. The third-order valence-electron chi connectivity index (χ3n) is 4.02. The maximum Gasteiger partial charge on any atom is 0.314 e. The lowest BCUT2D eigenvalue weighted by Gasteiger charge is -2.25.